The molecule has 1 unspecified atom stereocenters. The third-order valence-corrected chi connectivity index (χ3v) is 3.43. The molecule has 1 aliphatic rings. The van der Waals surface area contributed by atoms with Crippen LogP contribution in [0.2, 0.25) is 0 Å². The zero-order chi connectivity index (χ0) is 9.97. The maximum Gasteiger partial charge on any atom is 0.248 e. The second-order valence-corrected chi connectivity index (χ2v) is 4.40. The molecule has 1 fully saturated rings. The lowest BCUT2D eigenvalue weighted by molar-refractivity contribution is 0.100. The van der Waals surface area contributed by atoms with Crippen LogP contribution in [-0.2, 0) is 0 Å². The Bertz CT molecular complexity index is 330. The van der Waals surface area contributed by atoms with Gasteiger partial charge in [0.05, 0.1) is 5.37 Å². The van der Waals surface area contributed by atoms with Gasteiger partial charge in [0, 0.05) is 17.9 Å². The van der Waals surface area contributed by atoms with Gasteiger partial charge in [-0.1, -0.05) is 12.1 Å². The molecule has 3 nitrogen and oxygen atoms in total. The van der Waals surface area contributed by atoms with E-state index in [1.54, 1.807) is 12.1 Å². The van der Waals surface area contributed by atoms with E-state index in [-0.39, 0.29) is 5.91 Å². The average molecular weight is 208 g/mol. The van der Waals surface area contributed by atoms with Crippen molar-refractivity contribution in [3.63, 3.8) is 0 Å². The number of hydrogen-bond acceptors (Lipinski definition) is 3. The number of nitrogens with one attached hydrogen (secondary N) is 1. The van der Waals surface area contributed by atoms with Crippen LogP contribution in [0.25, 0.3) is 0 Å². The molecular formula is C10H12N2OS. The lowest BCUT2D eigenvalue weighted by atomic mass is 10.1. The fourth-order valence-corrected chi connectivity index (χ4v) is 2.52. The van der Waals surface area contributed by atoms with Gasteiger partial charge >= 0.3 is 0 Å². The number of primary amides is 1. The van der Waals surface area contributed by atoms with Crippen molar-refractivity contribution in [1.82, 2.24) is 5.32 Å². The van der Waals surface area contributed by atoms with E-state index in [4.69, 9.17) is 5.73 Å². The van der Waals surface area contributed by atoms with E-state index in [9.17, 15) is 4.79 Å². The molecule has 0 spiro atoms. The van der Waals surface area contributed by atoms with Gasteiger partial charge < -0.3 is 11.1 Å². The molecule has 3 N–H and O–H groups in total. The van der Waals surface area contributed by atoms with Gasteiger partial charge in [-0.2, -0.15) is 0 Å². The van der Waals surface area contributed by atoms with Crippen LogP contribution < -0.4 is 11.1 Å². The van der Waals surface area contributed by atoms with E-state index < -0.39 is 0 Å². The van der Waals surface area contributed by atoms with Crippen LogP contribution in [0, 0.1) is 0 Å². The van der Waals surface area contributed by atoms with Crippen LogP contribution in [0.3, 0.4) is 0 Å². The highest BCUT2D eigenvalue weighted by Crippen LogP contribution is 2.29. The van der Waals surface area contributed by atoms with Crippen molar-refractivity contribution in [1.29, 1.82) is 0 Å². The van der Waals surface area contributed by atoms with Gasteiger partial charge in [0.2, 0.25) is 5.91 Å². The standard InChI is InChI=1S/C10H12N2OS/c11-9(13)7-1-3-8(4-2-7)10-12-5-6-14-10/h1-4,10,12H,5-6H2,(H2,11,13). The molecule has 2 rings (SSSR count). The van der Waals surface area contributed by atoms with Crippen LogP contribution in [-0.4, -0.2) is 18.2 Å². The molecule has 1 heterocycles. The Hall–Kier alpha value is -1.00. The van der Waals surface area contributed by atoms with Crippen molar-refractivity contribution in [2.24, 2.45) is 5.73 Å². The minimum Gasteiger partial charge on any atom is -0.366 e. The maximum atomic E-state index is 10.8. The number of hydrogen-bond donors (Lipinski definition) is 2. The van der Waals surface area contributed by atoms with E-state index in [0.717, 1.165) is 12.3 Å². The van der Waals surface area contributed by atoms with Crippen molar-refractivity contribution < 1.29 is 4.79 Å². The molecule has 1 saturated heterocycles. The van der Waals surface area contributed by atoms with Crippen LogP contribution in [0.15, 0.2) is 24.3 Å². The Kier molecular flexibility index (Phi) is 2.74. The summed E-state index contributed by atoms with van der Waals surface area (Å²) >= 11 is 1.88. The zero-order valence-corrected chi connectivity index (χ0v) is 8.51. The summed E-state index contributed by atoms with van der Waals surface area (Å²) in [4.78, 5) is 10.8. The SMILES string of the molecule is NC(=O)c1ccc(C2NCCS2)cc1. The molecule has 1 aromatic rings. The Balaban J connectivity index is 2.16. The van der Waals surface area contributed by atoms with Crippen LogP contribution in [0.5, 0.6) is 0 Å². The molecule has 14 heavy (non-hydrogen) atoms. The second kappa shape index (κ2) is 4.02. The third kappa shape index (κ3) is 1.91. The molecule has 0 aromatic heterocycles. The average Bonchev–Trinajstić information content (AvgIpc) is 2.71. The van der Waals surface area contributed by atoms with Gasteiger partial charge in [-0.25, -0.2) is 0 Å². The molecule has 1 aromatic carbocycles. The smallest absolute Gasteiger partial charge is 0.248 e. The summed E-state index contributed by atoms with van der Waals surface area (Å²) in [7, 11) is 0. The van der Waals surface area contributed by atoms with Gasteiger partial charge in [0.15, 0.2) is 0 Å². The first-order valence-electron chi connectivity index (χ1n) is 4.52. The van der Waals surface area contributed by atoms with E-state index >= 15 is 0 Å². The van der Waals surface area contributed by atoms with E-state index in [0.29, 0.717) is 10.9 Å². The van der Waals surface area contributed by atoms with Crippen molar-refractivity contribution in [2.75, 3.05) is 12.3 Å². The number of carbonyl (C=O) groups excluding carboxylic acids is 1. The fraction of sp³-hybridized carbons (Fsp3) is 0.300. The summed E-state index contributed by atoms with van der Waals surface area (Å²) in [5.41, 5.74) is 6.93. The monoisotopic (exact) mass is 208 g/mol. The first-order valence-corrected chi connectivity index (χ1v) is 5.57. The van der Waals surface area contributed by atoms with E-state index in [2.05, 4.69) is 5.32 Å². The predicted molar refractivity (Wildman–Crippen MR) is 58.2 cm³/mol. The molecule has 0 aliphatic carbocycles. The molecule has 0 bridgehead atoms. The topological polar surface area (TPSA) is 55.1 Å². The Morgan fingerprint density at radius 2 is 2.14 bits per heavy atom. The Morgan fingerprint density at radius 3 is 2.64 bits per heavy atom. The number of thioether (sulfide) groups is 1. The van der Waals surface area contributed by atoms with Crippen LogP contribution in [0.1, 0.15) is 21.3 Å². The van der Waals surface area contributed by atoms with Gasteiger partial charge in [0.25, 0.3) is 0 Å². The molecule has 0 saturated carbocycles. The second-order valence-electron chi connectivity index (χ2n) is 3.19. The molecule has 1 atom stereocenters. The molecule has 0 radical (unpaired) electrons. The van der Waals surface area contributed by atoms with Gasteiger partial charge in [0.1, 0.15) is 0 Å². The minimum absolute atomic E-state index is 0.372. The van der Waals surface area contributed by atoms with Gasteiger partial charge in [-0.15, -0.1) is 11.8 Å². The summed E-state index contributed by atoms with van der Waals surface area (Å²) in [6.07, 6.45) is 0. The molecule has 1 amide bonds. The minimum atomic E-state index is -0.372. The lowest BCUT2D eigenvalue weighted by Gasteiger charge is -2.09. The summed E-state index contributed by atoms with van der Waals surface area (Å²) in [6, 6.07) is 7.46. The normalized spacial score (nSPS) is 21.0. The number of nitrogens with two attached hydrogens (primary N) is 1. The summed E-state index contributed by atoms with van der Waals surface area (Å²) < 4.78 is 0. The highest BCUT2D eigenvalue weighted by molar-refractivity contribution is 7.99. The number of benzene rings is 1. The summed E-state index contributed by atoms with van der Waals surface area (Å²) in [5, 5.41) is 3.74. The zero-order valence-electron chi connectivity index (χ0n) is 7.69. The molecule has 1 aliphatic heterocycles. The number of rotatable bonds is 2. The number of amides is 1. The van der Waals surface area contributed by atoms with Crippen molar-refractivity contribution >= 4 is 17.7 Å². The largest absolute Gasteiger partial charge is 0.366 e. The van der Waals surface area contributed by atoms with Crippen molar-refractivity contribution in [3.8, 4) is 0 Å². The fourth-order valence-electron chi connectivity index (χ4n) is 1.46. The molecule has 74 valence electrons. The Labute approximate surface area is 87.1 Å². The van der Waals surface area contributed by atoms with Crippen LogP contribution in [0.4, 0.5) is 0 Å². The maximum absolute atomic E-state index is 10.8. The van der Waals surface area contributed by atoms with Gasteiger partial charge in [-0.05, 0) is 17.7 Å². The molecular weight excluding hydrogens is 196 g/mol. The van der Waals surface area contributed by atoms with E-state index in [1.807, 2.05) is 23.9 Å². The molecule has 4 heteroatoms. The van der Waals surface area contributed by atoms with E-state index in [1.165, 1.54) is 5.56 Å². The first-order chi connectivity index (χ1) is 6.77. The summed E-state index contributed by atoms with van der Waals surface area (Å²) in [5.74, 6) is 0.769. The highest BCUT2D eigenvalue weighted by Gasteiger charge is 2.16. The summed E-state index contributed by atoms with van der Waals surface area (Å²) in [6.45, 7) is 1.05. The quantitative estimate of drug-likeness (QED) is 0.765. The predicted octanol–water partition coefficient (Wildman–Crippen LogP) is 1.12. The third-order valence-electron chi connectivity index (χ3n) is 2.21. The highest BCUT2D eigenvalue weighted by atomic mass is 32.2. The number of carbonyl (C=O) groups is 1. The van der Waals surface area contributed by atoms with Gasteiger partial charge in [-0.3, -0.25) is 4.79 Å². The Morgan fingerprint density at radius 1 is 1.43 bits per heavy atom. The lowest BCUT2D eigenvalue weighted by Crippen LogP contribution is -2.13. The first kappa shape index (κ1) is 9.55. The van der Waals surface area contributed by atoms with Crippen LogP contribution >= 0.6 is 11.8 Å². The van der Waals surface area contributed by atoms with Crippen molar-refractivity contribution in [2.45, 2.75) is 5.37 Å². The van der Waals surface area contributed by atoms with Crippen molar-refractivity contribution in [3.05, 3.63) is 35.4 Å².